The highest BCUT2D eigenvalue weighted by molar-refractivity contribution is 6.33. The zero-order chi connectivity index (χ0) is 15.1. The molecule has 2 N–H and O–H groups in total. The van der Waals surface area contributed by atoms with Crippen molar-refractivity contribution in [1.29, 1.82) is 0 Å². The van der Waals surface area contributed by atoms with Crippen LogP contribution in [0.25, 0.3) is 21.8 Å². The van der Waals surface area contributed by atoms with Crippen LogP contribution in [0.5, 0.6) is 5.75 Å². The summed E-state index contributed by atoms with van der Waals surface area (Å²) >= 11 is 5.89. The molecule has 0 aliphatic carbocycles. The molecule has 0 aliphatic heterocycles. The first-order valence-corrected chi connectivity index (χ1v) is 6.53. The molecule has 0 saturated heterocycles. The number of phenols is 1. The van der Waals surface area contributed by atoms with Crippen molar-refractivity contribution in [2.75, 3.05) is 0 Å². The number of fused-ring (bicyclic) bond motifs is 2. The van der Waals surface area contributed by atoms with Crippen molar-refractivity contribution in [2.45, 2.75) is 6.54 Å². The Morgan fingerprint density at radius 3 is 2.57 bits per heavy atom. The van der Waals surface area contributed by atoms with E-state index in [1.165, 1.54) is 16.7 Å². The standard InChI is InChI=1S/C15H10ClNO4/c16-10-6-5-9-13(15(10)21)17(7-12(18)19)11-4-2-1-3-8(11)14(9)20/h1-6,21H,7H2,(H,18,19). The van der Waals surface area contributed by atoms with Crippen LogP contribution in [0, 0.1) is 0 Å². The Balaban J connectivity index is 2.63. The molecule has 21 heavy (non-hydrogen) atoms. The van der Waals surface area contributed by atoms with Gasteiger partial charge in [-0.15, -0.1) is 0 Å². The van der Waals surface area contributed by atoms with Gasteiger partial charge in [-0.3, -0.25) is 9.59 Å². The van der Waals surface area contributed by atoms with Crippen LogP contribution in [0.4, 0.5) is 0 Å². The third-order valence-corrected chi connectivity index (χ3v) is 3.65. The second-order valence-corrected chi connectivity index (χ2v) is 5.03. The summed E-state index contributed by atoms with van der Waals surface area (Å²) < 4.78 is 1.38. The van der Waals surface area contributed by atoms with Gasteiger partial charge in [-0.1, -0.05) is 23.7 Å². The predicted molar refractivity (Wildman–Crippen MR) is 80.0 cm³/mol. The van der Waals surface area contributed by atoms with Crippen molar-refractivity contribution in [3.63, 3.8) is 0 Å². The van der Waals surface area contributed by atoms with E-state index in [1.54, 1.807) is 24.3 Å². The van der Waals surface area contributed by atoms with Crippen molar-refractivity contribution < 1.29 is 15.0 Å². The number of hydrogen-bond donors (Lipinski definition) is 2. The van der Waals surface area contributed by atoms with Gasteiger partial charge in [0.15, 0.2) is 11.2 Å². The number of benzene rings is 2. The molecule has 0 saturated carbocycles. The lowest BCUT2D eigenvalue weighted by molar-refractivity contribution is -0.137. The number of phenolic OH excluding ortho intramolecular Hbond substituents is 1. The Morgan fingerprint density at radius 2 is 1.86 bits per heavy atom. The van der Waals surface area contributed by atoms with E-state index in [1.807, 2.05) is 0 Å². The molecule has 3 aromatic rings. The van der Waals surface area contributed by atoms with Gasteiger partial charge in [0.05, 0.1) is 21.4 Å². The number of para-hydroxylation sites is 1. The van der Waals surface area contributed by atoms with Crippen molar-refractivity contribution in [3.8, 4) is 5.75 Å². The summed E-state index contributed by atoms with van der Waals surface area (Å²) in [5, 5.41) is 19.9. The first-order valence-electron chi connectivity index (χ1n) is 6.15. The molecular weight excluding hydrogens is 294 g/mol. The number of hydrogen-bond acceptors (Lipinski definition) is 3. The second kappa shape index (κ2) is 4.79. The maximum atomic E-state index is 12.5. The Hall–Kier alpha value is -2.53. The van der Waals surface area contributed by atoms with Crippen LogP contribution >= 0.6 is 11.6 Å². The average Bonchev–Trinajstić information content (AvgIpc) is 2.46. The van der Waals surface area contributed by atoms with Gasteiger partial charge in [-0.25, -0.2) is 0 Å². The summed E-state index contributed by atoms with van der Waals surface area (Å²) in [6, 6.07) is 9.58. The highest BCUT2D eigenvalue weighted by atomic mass is 35.5. The molecule has 0 atom stereocenters. The van der Waals surface area contributed by atoms with E-state index in [9.17, 15) is 14.7 Å². The fourth-order valence-corrected chi connectivity index (χ4v) is 2.63. The van der Waals surface area contributed by atoms with Crippen LogP contribution in [-0.2, 0) is 11.3 Å². The van der Waals surface area contributed by atoms with E-state index < -0.39 is 5.97 Å². The first-order chi connectivity index (χ1) is 10.0. The number of aliphatic carboxylic acids is 1. The zero-order valence-electron chi connectivity index (χ0n) is 10.7. The Bertz CT molecular complexity index is 946. The molecule has 0 radical (unpaired) electrons. The number of carbonyl (C=O) groups is 1. The minimum atomic E-state index is -1.08. The summed E-state index contributed by atoms with van der Waals surface area (Å²) in [6.45, 7) is -0.384. The number of rotatable bonds is 2. The van der Waals surface area contributed by atoms with Crippen molar-refractivity contribution in [3.05, 3.63) is 51.6 Å². The summed E-state index contributed by atoms with van der Waals surface area (Å²) in [5.74, 6) is -1.37. The fraction of sp³-hybridized carbons (Fsp3) is 0.0667. The molecule has 5 nitrogen and oxygen atoms in total. The maximum absolute atomic E-state index is 12.5. The Morgan fingerprint density at radius 1 is 1.14 bits per heavy atom. The van der Waals surface area contributed by atoms with Crippen LogP contribution < -0.4 is 5.43 Å². The topological polar surface area (TPSA) is 79.5 Å². The monoisotopic (exact) mass is 303 g/mol. The van der Waals surface area contributed by atoms with Gasteiger partial charge in [0, 0.05) is 5.39 Å². The van der Waals surface area contributed by atoms with Crippen LogP contribution in [-0.4, -0.2) is 20.7 Å². The molecule has 6 heteroatoms. The summed E-state index contributed by atoms with van der Waals surface area (Å²) in [7, 11) is 0. The molecule has 0 amide bonds. The van der Waals surface area contributed by atoms with E-state index in [2.05, 4.69) is 0 Å². The summed E-state index contributed by atoms with van der Waals surface area (Å²) in [5.41, 5.74) is 0.303. The second-order valence-electron chi connectivity index (χ2n) is 4.62. The van der Waals surface area contributed by atoms with Crippen molar-refractivity contribution in [2.24, 2.45) is 0 Å². The van der Waals surface area contributed by atoms with E-state index in [4.69, 9.17) is 16.7 Å². The lowest BCUT2D eigenvalue weighted by Crippen LogP contribution is -2.16. The van der Waals surface area contributed by atoms with Crippen molar-refractivity contribution >= 4 is 39.4 Å². The zero-order valence-corrected chi connectivity index (χ0v) is 11.5. The predicted octanol–water partition coefficient (Wildman–Crippen LogP) is 2.60. The van der Waals surface area contributed by atoms with E-state index in [-0.39, 0.29) is 33.6 Å². The molecule has 1 aromatic heterocycles. The molecule has 0 bridgehead atoms. The molecule has 2 aromatic carbocycles. The number of nitrogens with zero attached hydrogens (tertiary/aromatic N) is 1. The molecule has 0 unspecified atom stereocenters. The molecule has 0 spiro atoms. The van der Waals surface area contributed by atoms with Crippen molar-refractivity contribution in [1.82, 2.24) is 4.57 Å². The van der Waals surface area contributed by atoms with Gasteiger partial charge in [0.1, 0.15) is 6.54 Å². The van der Waals surface area contributed by atoms with Gasteiger partial charge >= 0.3 is 5.97 Å². The maximum Gasteiger partial charge on any atom is 0.323 e. The first kappa shape index (κ1) is 13.5. The van der Waals surface area contributed by atoms with Gasteiger partial charge < -0.3 is 14.8 Å². The number of carboxylic acid groups (broad SMARTS) is 1. The van der Waals surface area contributed by atoms with Crippen LogP contribution in [0.2, 0.25) is 5.02 Å². The quantitative estimate of drug-likeness (QED) is 0.713. The normalized spacial score (nSPS) is 11.1. The van der Waals surface area contributed by atoms with Gasteiger partial charge in [-0.2, -0.15) is 0 Å². The van der Waals surface area contributed by atoms with E-state index in [0.717, 1.165) is 0 Å². The molecule has 3 rings (SSSR count). The number of halogens is 1. The SMILES string of the molecule is O=C(O)Cn1c2ccccc2c(=O)c2ccc(Cl)c(O)c21. The average molecular weight is 304 g/mol. The third-order valence-electron chi connectivity index (χ3n) is 3.35. The number of carboxylic acids is 1. The lowest BCUT2D eigenvalue weighted by Gasteiger charge is -2.14. The number of aromatic hydroxyl groups is 1. The Kier molecular flexibility index (Phi) is 3.07. The molecule has 0 aliphatic rings. The number of aromatic nitrogens is 1. The van der Waals surface area contributed by atoms with Gasteiger partial charge in [0.2, 0.25) is 0 Å². The highest BCUT2D eigenvalue weighted by Crippen LogP contribution is 2.32. The smallest absolute Gasteiger partial charge is 0.323 e. The number of pyridine rings is 1. The molecule has 106 valence electrons. The molecular formula is C15H10ClNO4. The largest absolute Gasteiger partial charge is 0.504 e. The molecule has 1 heterocycles. The van der Waals surface area contributed by atoms with Crippen LogP contribution in [0.1, 0.15) is 0 Å². The van der Waals surface area contributed by atoms with Crippen LogP contribution in [0.3, 0.4) is 0 Å². The van der Waals surface area contributed by atoms with E-state index in [0.29, 0.717) is 10.9 Å². The summed E-state index contributed by atoms with van der Waals surface area (Å²) in [4.78, 5) is 23.6. The third kappa shape index (κ3) is 2.02. The van der Waals surface area contributed by atoms with Gasteiger partial charge in [-0.05, 0) is 24.3 Å². The summed E-state index contributed by atoms with van der Waals surface area (Å²) in [6.07, 6.45) is 0. The lowest BCUT2D eigenvalue weighted by atomic mass is 10.1. The van der Waals surface area contributed by atoms with Crippen LogP contribution in [0.15, 0.2) is 41.2 Å². The minimum absolute atomic E-state index is 0.0660. The minimum Gasteiger partial charge on any atom is -0.504 e. The van der Waals surface area contributed by atoms with Gasteiger partial charge in [0.25, 0.3) is 0 Å². The highest BCUT2D eigenvalue weighted by Gasteiger charge is 2.17. The Labute approximate surface area is 123 Å². The fourth-order valence-electron chi connectivity index (χ4n) is 2.48. The van der Waals surface area contributed by atoms with E-state index >= 15 is 0 Å². The molecule has 0 fully saturated rings.